The number of halogens is 4. The van der Waals surface area contributed by atoms with Crippen LogP contribution in [0.15, 0.2) is 30.5 Å². The second-order valence-electron chi connectivity index (χ2n) is 8.11. The van der Waals surface area contributed by atoms with Crippen LogP contribution < -0.4 is 14.2 Å². The van der Waals surface area contributed by atoms with E-state index in [0.29, 0.717) is 12.1 Å². The van der Waals surface area contributed by atoms with Crippen LogP contribution in [-0.2, 0) is 16.6 Å². The van der Waals surface area contributed by atoms with Gasteiger partial charge in [-0.15, -0.1) is 23.4 Å². The van der Waals surface area contributed by atoms with Crippen molar-refractivity contribution in [3.05, 3.63) is 46.6 Å². The largest absolute Gasteiger partial charge is 0.573 e. The molecule has 1 fully saturated rings. The third-order valence-corrected chi connectivity index (χ3v) is 7.57. The summed E-state index contributed by atoms with van der Waals surface area (Å²) in [5, 5.41) is 7.47. The number of pyridine rings is 1. The molecule has 34 heavy (non-hydrogen) atoms. The average molecular weight is 519 g/mol. The first-order valence-corrected chi connectivity index (χ1v) is 12.5. The topological polar surface area (TPSA) is 94.8 Å². The summed E-state index contributed by atoms with van der Waals surface area (Å²) in [6, 6.07) is 5.26. The first kappa shape index (κ1) is 24.4. The number of hydrogen-bond acceptors (Lipinski definition) is 6. The van der Waals surface area contributed by atoms with Crippen LogP contribution in [0.3, 0.4) is 0 Å². The summed E-state index contributed by atoms with van der Waals surface area (Å²) in [5.41, 5.74) is 2.08. The molecule has 8 nitrogen and oxygen atoms in total. The molecule has 1 atom stereocenters. The summed E-state index contributed by atoms with van der Waals surface area (Å²) in [6.07, 6.45) is -0.727. The predicted octanol–water partition coefficient (Wildman–Crippen LogP) is 5.28. The first-order chi connectivity index (χ1) is 15.9. The van der Waals surface area contributed by atoms with Crippen molar-refractivity contribution in [1.29, 1.82) is 0 Å². The van der Waals surface area contributed by atoms with Gasteiger partial charge in [-0.3, -0.25) is 9.12 Å². The highest BCUT2D eigenvalue weighted by molar-refractivity contribution is 7.93. The summed E-state index contributed by atoms with van der Waals surface area (Å²) in [6.45, 7) is 3.42. The molecule has 1 N–H and O–H groups in total. The highest BCUT2D eigenvalue weighted by atomic mass is 35.5. The summed E-state index contributed by atoms with van der Waals surface area (Å²) in [5.74, 6) is -0.0262. The zero-order valence-corrected chi connectivity index (χ0v) is 19.8. The Balaban J connectivity index is 1.60. The molecule has 0 saturated heterocycles. The van der Waals surface area contributed by atoms with Crippen molar-refractivity contribution in [2.24, 2.45) is 0 Å². The van der Waals surface area contributed by atoms with E-state index in [4.69, 9.17) is 16.3 Å². The molecule has 13 heteroatoms. The lowest BCUT2D eigenvalue weighted by atomic mass is 10.1. The molecule has 4 rings (SSSR count). The number of ether oxygens (including phenoxy) is 2. The Labute approximate surface area is 199 Å². The quantitative estimate of drug-likeness (QED) is 0.414. The standard InChI is InChI=1S/C21H22ClF3N4O4S/c1-3-12(2)34(30,31)28-20-27-26-19-6-14(18(10-29(19)20)13-4-5-13)11-32-16-7-15(22)8-17(9-16)33-21(23,24)25/h6-10,12-13H,3-5,11H2,1-2H3,(H,27,28). The van der Waals surface area contributed by atoms with Crippen molar-refractivity contribution in [3.8, 4) is 11.5 Å². The molecule has 0 radical (unpaired) electrons. The van der Waals surface area contributed by atoms with Crippen molar-refractivity contribution in [2.75, 3.05) is 4.72 Å². The van der Waals surface area contributed by atoms with Gasteiger partial charge >= 0.3 is 6.36 Å². The zero-order chi connectivity index (χ0) is 24.7. The normalized spacial score (nSPS) is 15.4. The van der Waals surface area contributed by atoms with Gasteiger partial charge < -0.3 is 9.47 Å². The molecule has 2 heterocycles. The number of fused-ring (bicyclic) bond motifs is 1. The van der Waals surface area contributed by atoms with E-state index in [1.54, 1.807) is 30.5 Å². The fraction of sp³-hybridized carbons (Fsp3) is 0.429. The number of rotatable bonds is 9. The maximum atomic E-state index is 12.6. The van der Waals surface area contributed by atoms with Gasteiger partial charge in [0.15, 0.2) is 5.65 Å². The molecule has 3 aromatic rings. The van der Waals surface area contributed by atoms with Gasteiger partial charge in [-0.05, 0) is 61.4 Å². The van der Waals surface area contributed by atoms with E-state index in [1.165, 1.54) is 6.07 Å². The summed E-state index contributed by atoms with van der Waals surface area (Å²) < 4.78 is 76.3. The molecule has 0 bridgehead atoms. The summed E-state index contributed by atoms with van der Waals surface area (Å²) in [7, 11) is -3.62. The van der Waals surface area contributed by atoms with Gasteiger partial charge in [0.05, 0.1) is 5.25 Å². The maximum Gasteiger partial charge on any atom is 0.573 e. The zero-order valence-electron chi connectivity index (χ0n) is 18.3. The van der Waals surface area contributed by atoms with Crippen molar-refractivity contribution < 1.29 is 31.1 Å². The van der Waals surface area contributed by atoms with E-state index < -0.39 is 27.4 Å². The number of sulfonamides is 1. The first-order valence-electron chi connectivity index (χ1n) is 10.5. The van der Waals surface area contributed by atoms with Gasteiger partial charge in [0.25, 0.3) is 0 Å². The van der Waals surface area contributed by atoms with Crippen molar-refractivity contribution in [1.82, 2.24) is 14.6 Å². The van der Waals surface area contributed by atoms with Gasteiger partial charge in [-0.25, -0.2) is 8.42 Å². The van der Waals surface area contributed by atoms with Crippen molar-refractivity contribution in [2.45, 2.75) is 57.2 Å². The van der Waals surface area contributed by atoms with Gasteiger partial charge in [-0.1, -0.05) is 18.5 Å². The molecule has 0 amide bonds. The molecule has 1 aliphatic rings. The van der Waals surface area contributed by atoms with E-state index in [0.717, 1.165) is 36.1 Å². The minimum absolute atomic E-state index is 0.0327. The fourth-order valence-corrected chi connectivity index (χ4v) is 4.62. The Kier molecular flexibility index (Phi) is 6.56. The molecule has 0 spiro atoms. The van der Waals surface area contributed by atoms with Gasteiger partial charge in [0.2, 0.25) is 16.0 Å². The van der Waals surface area contributed by atoms with Crippen LogP contribution in [0.4, 0.5) is 19.1 Å². The molecule has 1 unspecified atom stereocenters. The Morgan fingerprint density at radius 2 is 1.91 bits per heavy atom. The lowest BCUT2D eigenvalue weighted by Gasteiger charge is -2.15. The molecule has 184 valence electrons. The fourth-order valence-electron chi connectivity index (χ4n) is 3.37. The number of benzene rings is 1. The Bertz CT molecular complexity index is 1310. The van der Waals surface area contributed by atoms with Crippen LogP contribution in [0.5, 0.6) is 11.5 Å². The van der Waals surface area contributed by atoms with Gasteiger partial charge in [0, 0.05) is 17.3 Å². The Morgan fingerprint density at radius 1 is 1.21 bits per heavy atom. The van der Waals surface area contributed by atoms with E-state index in [2.05, 4.69) is 19.7 Å². The average Bonchev–Trinajstić information content (AvgIpc) is 3.51. The minimum atomic E-state index is -4.85. The number of nitrogens with zero attached hydrogens (tertiary/aromatic N) is 3. The highest BCUT2D eigenvalue weighted by Gasteiger charge is 2.32. The lowest BCUT2D eigenvalue weighted by molar-refractivity contribution is -0.274. The highest BCUT2D eigenvalue weighted by Crippen LogP contribution is 2.42. The van der Waals surface area contributed by atoms with Crippen LogP contribution in [0.2, 0.25) is 5.02 Å². The van der Waals surface area contributed by atoms with Gasteiger partial charge in [-0.2, -0.15) is 0 Å². The molecular weight excluding hydrogens is 497 g/mol. The smallest absolute Gasteiger partial charge is 0.489 e. The minimum Gasteiger partial charge on any atom is -0.489 e. The number of nitrogens with one attached hydrogen (secondary N) is 1. The second kappa shape index (κ2) is 9.14. The Hall–Kier alpha value is -2.73. The Morgan fingerprint density at radius 3 is 2.56 bits per heavy atom. The predicted molar refractivity (Wildman–Crippen MR) is 120 cm³/mol. The molecule has 1 aromatic carbocycles. The van der Waals surface area contributed by atoms with E-state index in [-0.39, 0.29) is 29.2 Å². The molecule has 0 aliphatic heterocycles. The third kappa shape index (κ3) is 5.66. The second-order valence-corrected chi connectivity index (χ2v) is 10.6. The van der Waals surface area contributed by atoms with Gasteiger partial charge in [0.1, 0.15) is 18.1 Å². The van der Waals surface area contributed by atoms with E-state index >= 15 is 0 Å². The monoisotopic (exact) mass is 518 g/mol. The molecular formula is C21H22ClF3N4O4S. The number of anilines is 1. The SMILES string of the molecule is CCC(C)S(=O)(=O)Nc1nnc2cc(COc3cc(Cl)cc(OC(F)(F)F)c3)c(C3CC3)cn12. The maximum absolute atomic E-state index is 12.6. The van der Waals surface area contributed by atoms with Crippen molar-refractivity contribution >= 4 is 33.2 Å². The lowest BCUT2D eigenvalue weighted by Crippen LogP contribution is -2.25. The van der Waals surface area contributed by atoms with Crippen LogP contribution in [0.25, 0.3) is 5.65 Å². The molecule has 1 saturated carbocycles. The summed E-state index contributed by atoms with van der Waals surface area (Å²) >= 11 is 5.91. The van der Waals surface area contributed by atoms with Crippen LogP contribution >= 0.6 is 11.6 Å². The number of hydrogen-bond donors (Lipinski definition) is 1. The third-order valence-electron chi connectivity index (χ3n) is 5.49. The molecule has 2 aromatic heterocycles. The van der Waals surface area contributed by atoms with Crippen LogP contribution in [-0.4, -0.2) is 34.6 Å². The van der Waals surface area contributed by atoms with Crippen LogP contribution in [0.1, 0.15) is 50.2 Å². The van der Waals surface area contributed by atoms with E-state index in [1.807, 2.05) is 0 Å². The van der Waals surface area contributed by atoms with Crippen LogP contribution in [0, 0.1) is 0 Å². The number of aromatic nitrogens is 3. The number of alkyl halides is 3. The summed E-state index contributed by atoms with van der Waals surface area (Å²) in [4.78, 5) is 0. The van der Waals surface area contributed by atoms with Crippen molar-refractivity contribution in [3.63, 3.8) is 0 Å². The van der Waals surface area contributed by atoms with E-state index in [9.17, 15) is 21.6 Å². The molecule has 1 aliphatic carbocycles.